The van der Waals surface area contributed by atoms with Crippen LogP contribution in [0.2, 0.25) is 0 Å². The maximum Gasteiger partial charge on any atom is 0.0601 e. The van der Waals surface area contributed by atoms with Gasteiger partial charge in [0, 0.05) is 10.5 Å². The van der Waals surface area contributed by atoms with Crippen LogP contribution in [0.15, 0.2) is 28.7 Å². The predicted molar refractivity (Wildman–Crippen MR) is 60.3 cm³/mol. The van der Waals surface area contributed by atoms with Gasteiger partial charge in [0.1, 0.15) is 0 Å². The molecule has 1 atom stereocenters. The lowest BCUT2D eigenvalue weighted by molar-refractivity contribution is -0.0705. The Morgan fingerprint density at radius 1 is 1.43 bits per heavy atom. The highest BCUT2D eigenvalue weighted by atomic mass is 79.9. The molecule has 2 N–H and O–H groups in total. The molecule has 0 aliphatic carbocycles. The van der Waals surface area contributed by atoms with Gasteiger partial charge >= 0.3 is 0 Å². The van der Waals surface area contributed by atoms with Crippen molar-refractivity contribution < 1.29 is 4.74 Å². The lowest BCUT2D eigenvalue weighted by atomic mass is 9.73. The molecule has 0 saturated carbocycles. The second-order valence-electron chi connectivity index (χ2n) is 3.92. The van der Waals surface area contributed by atoms with Crippen LogP contribution in [-0.4, -0.2) is 19.3 Å². The van der Waals surface area contributed by atoms with Crippen LogP contribution in [0.5, 0.6) is 0 Å². The summed E-state index contributed by atoms with van der Waals surface area (Å²) in [5.74, 6) is 0. The maximum absolute atomic E-state index is 6.03. The summed E-state index contributed by atoms with van der Waals surface area (Å²) in [7, 11) is 0. The Morgan fingerprint density at radius 3 is 2.50 bits per heavy atom. The molecule has 0 amide bonds. The topological polar surface area (TPSA) is 35.2 Å². The highest BCUT2D eigenvalue weighted by Crippen LogP contribution is 2.38. The summed E-state index contributed by atoms with van der Waals surface area (Å²) in [5, 5.41) is 0. The van der Waals surface area contributed by atoms with E-state index >= 15 is 0 Å². The zero-order valence-corrected chi connectivity index (χ0v) is 9.75. The van der Waals surface area contributed by atoms with Crippen LogP contribution in [0.1, 0.15) is 12.5 Å². The number of rotatable bonds is 2. The fourth-order valence-corrected chi connectivity index (χ4v) is 2.53. The Labute approximate surface area is 92.6 Å². The van der Waals surface area contributed by atoms with Gasteiger partial charge in [-0.3, -0.25) is 0 Å². The molecule has 1 aromatic carbocycles. The number of ether oxygens (including phenoxy) is 1. The Morgan fingerprint density at radius 2 is 2.07 bits per heavy atom. The van der Waals surface area contributed by atoms with E-state index in [2.05, 4.69) is 28.1 Å². The van der Waals surface area contributed by atoms with Gasteiger partial charge in [0.15, 0.2) is 0 Å². The van der Waals surface area contributed by atoms with Crippen LogP contribution >= 0.6 is 15.9 Å². The SMILES string of the molecule is CC(N)C1(c2ccccc2Br)COC1. The van der Waals surface area contributed by atoms with Gasteiger partial charge in [-0.25, -0.2) is 0 Å². The number of nitrogens with two attached hydrogens (primary N) is 1. The van der Waals surface area contributed by atoms with Gasteiger partial charge in [0.05, 0.1) is 18.6 Å². The van der Waals surface area contributed by atoms with Gasteiger partial charge in [0.25, 0.3) is 0 Å². The highest BCUT2D eigenvalue weighted by molar-refractivity contribution is 9.10. The summed E-state index contributed by atoms with van der Waals surface area (Å²) in [6.45, 7) is 3.50. The van der Waals surface area contributed by atoms with E-state index in [1.807, 2.05) is 19.1 Å². The first-order valence-electron chi connectivity index (χ1n) is 4.75. The van der Waals surface area contributed by atoms with Crippen molar-refractivity contribution in [1.82, 2.24) is 0 Å². The normalized spacial score (nSPS) is 21.4. The summed E-state index contributed by atoms with van der Waals surface area (Å²) in [6.07, 6.45) is 0. The molecular formula is C11H14BrNO. The van der Waals surface area contributed by atoms with Gasteiger partial charge < -0.3 is 10.5 Å². The van der Waals surface area contributed by atoms with Gasteiger partial charge in [-0.2, -0.15) is 0 Å². The summed E-state index contributed by atoms with van der Waals surface area (Å²) in [5.41, 5.74) is 7.31. The van der Waals surface area contributed by atoms with Gasteiger partial charge in [-0.1, -0.05) is 34.1 Å². The summed E-state index contributed by atoms with van der Waals surface area (Å²) >= 11 is 3.56. The van der Waals surface area contributed by atoms with Crippen LogP contribution in [0, 0.1) is 0 Å². The van der Waals surface area contributed by atoms with Crippen molar-refractivity contribution in [3.05, 3.63) is 34.3 Å². The number of benzene rings is 1. The molecule has 2 rings (SSSR count). The zero-order chi connectivity index (χ0) is 10.2. The molecule has 0 spiro atoms. The molecule has 1 aromatic rings. The largest absolute Gasteiger partial charge is 0.379 e. The van der Waals surface area contributed by atoms with E-state index in [9.17, 15) is 0 Å². The van der Waals surface area contributed by atoms with Gasteiger partial charge in [-0.05, 0) is 18.6 Å². The minimum absolute atomic E-state index is 0.0140. The molecule has 1 aliphatic rings. The average Bonchev–Trinajstić information content (AvgIpc) is 2.05. The molecule has 76 valence electrons. The molecule has 1 saturated heterocycles. The number of halogens is 1. The fraction of sp³-hybridized carbons (Fsp3) is 0.455. The molecule has 0 bridgehead atoms. The van der Waals surface area contributed by atoms with Crippen LogP contribution < -0.4 is 5.73 Å². The molecule has 2 nitrogen and oxygen atoms in total. The maximum atomic E-state index is 6.03. The van der Waals surface area contributed by atoms with E-state index in [1.54, 1.807) is 0 Å². The first-order chi connectivity index (χ1) is 6.67. The molecule has 1 unspecified atom stereocenters. The van der Waals surface area contributed by atoms with Gasteiger partial charge in [-0.15, -0.1) is 0 Å². The van der Waals surface area contributed by atoms with E-state index in [1.165, 1.54) is 5.56 Å². The molecule has 0 aromatic heterocycles. The van der Waals surface area contributed by atoms with E-state index in [0.717, 1.165) is 17.7 Å². The van der Waals surface area contributed by atoms with Crippen molar-refractivity contribution >= 4 is 15.9 Å². The third-order valence-corrected chi connectivity index (χ3v) is 3.69. The smallest absolute Gasteiger partial charge is 0.0601 e. The Kier molecular flexibility index (Phi) is 2.64. The molecular weight excluding hydrogens is 242 g/mol. The minimum atomic E-state index is 0.0140. The molecule has 14 heavy (non-hydrogen) atoms. The van der Waals surface area contributed by atoms with Crippen molar-refractivity contribution in [2.24, 2.45) is 5.73 Å². The van der Waals surface area contributed by atoms with Crippen molar-refractivity contribution in [2.75, 3.05) is 13.2 Å². The van der Waals surface area contributed by atoms with E-state index in [0.29, 0.717) is 0 Å². The summed E-state index contributed by atoms with van der Waals surface area (Å²) in [6, 6.07) is 8.35. The molecule has 1 heterocycles. The summed E-state index contributed by atoms with van der Waals surface area (Å²) in [4.78, 5) is 0. The molecule has 1 fully saturated rings. The predicted octanol–water partition coefficient (Wildman–Crippen LogP) is 2.06. The lowest BCUT2D eigenvalue weighted by Gasteiger charge is -2.45. The average molecular weight is 256 g/mol. The molecule has 3 heteroatoms. The van der Waals surface area contributed by atoms with Crippen molar-refractivity contribution in [3.8, 4) is 0 Å². The standard InChI is InChI=1S/C11H14BrNO/c1-8(13)11(6-14-7-11)9-4-2-3-5-10(9)12/h2-5,8H,6-7,13H2,1H3. The first kappa shape index (κ1) is 10.1. The molecule has 1 aliphatic heterocycles. The number of hydrogen-bond donors (Lipinski definition) is 1. The third kappa shape index (κ3) is 1.40. The van der Waals surface area contributed by atoms with Crippen LogP contribution in [-0.2, 0) is 10.2 Å². The lowest BCUT2D eigenvalue weighted by Crippen LogP contribution is -2.57. The zero-order valence-electron chi connectivity index (χ0n) is 8.16. The van der Waals surface area contributed by atoms with Crippen molar-refractivity contribution in [2.45, 2.75) is 18.4 Å². The van der Waals surface area contributed by atoms with Crippen LogP contribution in [0.4, 0.5) is 0 Å². The van der Waals surface area contributed by atoms with Gasteiger partial charge in [0.2, 0.25) is 0 Å². The van der Waals surface area contributed by atoms with E-state index in [-0.39, 0.29) is 11.5 Å². The molecule has 0 radical (unpaired) electrons. The Bertz CT molecular complexity index is 334. The first-order valence-corrected chi connectivity index (χ1v) is 5.54. The quantitative estimate of drug-likeness (QED) is 0.879. The van der Waals surface area contributed by atoms with E-state index in [4.69, 9.17) is 10.5 Å². The Hall–Kier alpha value is -0.380. The second-order valence-corrected chi connectivity index (χ2v) is 4.77. The monoisotopic (exact) mass is 255 g/mol. The van der Waals surface area contributed by atoms with Crippen LogP contribution in [0.25, 0.3) is 0 Å². The number of hydrogen-bond acceptors (Lipinski definition) is 2. The summed E-state index contributed by atoms with van der Waals surface area (Å²) < 4.78 is 6.43. The van der Waals surface area contributed by atoms with Crippen LogP contribution in [0.3, 0.4) is 0 Å². The Balaban J connectivity index is 2.42. The van der Waals surface area contributed by atoms with E-state index < -0.39 is 0 Å². The highest BCUT2D eigenvalue weighted by Gasteiger charge is 2.44. The minimum Gasteiger partial charge on any atom is -0.379 e. The third-order valence-electron chi connectivity index (χ3n) is 3.00. The van der Waals surface area contributed by atoms with Crippen molar-refractivity contribution in [3.63, 3.8) is 0 Å². The second kappa shape index (κ2) is 3.65. The fourth-order valence-electron chi connectivity index (χ4n) is 1.85. The van der Waals surface area contributed by atoms with Crippen molar-refractivity contribution in [1.29, 1.82) is 0 Å².